The highest BCUT2D eigenvalue weighted by molar-refractivity contribution is 5.72. The molecule has 6 heteroatoms. The smallest absolute Gasteiger partial charge is 0.326 e. The molecule has 0 N–H and O–H groups in total. The number of carbonyl (C=O) groups is 1. The molecule has 0 aliphatic carbocycles. The van der Waals surface area contributed by atoms with Crippen LogP contribution in [0.3, 0.4) is 0 Å². The molecule has 3 heterocycles. The molecule has 1 saturated heterocycles. The Morgan fingerprint density at radius 1 is 1.16 bits per heavy atom. The van der Waals surface area contributed by atoms with Crippen LogP contribution in [-0.2, 0) is 16.0 Å². The van der Waals surface area contributed by atoms with Crippen LogP contribution < -0.4 is 9.47 Å². The molecule has 174 valence electrons. The van der Waals surface area contributed by atoms with Crippen molar-refractivity contribution in [2.75, 3.05) is 47.0 Å². The van der Waals surface area contributed by atoms with E-state index in [9.17, 15) is 4.79 Å². The second-order valence-electron chi connectivity index (χ2n) is 9.70. The molecule has 1 aromatic carbocycles. The zero-order chi connectivity index (χ0) is 22.7. The Bertz CT molecular complexity index is 888. The van der Waals surface area contributed by atoms with Gasteiger partial charge in [0.05, 0.1) is 20.8 Å². The van der Waals surface area contributed by atoms with Gasteiger partial charge in [0.15, 0.2) is 11.5 Å². The molecular weight excluding hydrogens is 404 g/mol. The highest BCUT2D eigenvalue weighted by atomic mass is 16.5. The number of hydrogen-bond acceptors (Lipinski definition) is 6. The highest BCUT2D eigenvalue weighted by Crippen LogP contribution is 2.45. The Balaban J connectivity index is 1.49. The maximum atomic E-state index is 12.4. The number of benzene rings is 1. The first-order valence-corrected chi connectivity index (χ1v) is 11.9. The Kier molecular flexibility index (Phi) is 7.15. The van der Waals surface area contributed by atoms with Crippen LogP contribution >= 0.6 is 0 Å². The lowest BCUT2D eigenvalue weighted by atomic mass is 9.74. The third-order valence-corrected chi connectivity index (χ3v) is 7.07. The van der Waals surface area contributed by atoms with Gasteiger partial charge in [-0.15, -0.1) is 0 Å². The third kappa shape index (κ3) is 4.99. The Morgan fingerprint density at radius 3 is 2.62 bits per heavy atom. The predicted molar refractivity (Wildman–Crippen MR) is 124 cm³/mol. The van der Waals surface area contributed by atoms with Crippen LogP contribution in [0.15, 0.2) is 12.1 Å². The second kappa shape index (κ2) is 10.0. The molecule has 0 radical (unpaired) electrons. The van der Waals surface area contributed by atoms with Crippen molar-refractivity contribution >= 4 is 5.97 Å². The topological polar surface area (TPSA) is 51.2 Å². The van der Waals surface area contributed by atoms with Crippen molar-refractivity contribution in [2.24, 2.45) is 17.8 Å². The first-order chi connectivity index (χ1) is 15.5. The predicted octanol–water partition coefficient (Wildman–Crippen LogP) is 3.50. The summed E-state index contributed by atoms with van der Waals surface area (Å²) in [5.41, 5.74) is 2.68. The monoisotopic (exact) mass is 440 g/mol. The van der Waals surface area contributed by atoms with Crippen LogP contribution in [0.5, 0.6) is 11.5 Å². The lowest BCUT2D eigenvalue weighted by molar-refractivity contribution is -0.147. The molecule has 0 saturated carbocycles. The van der Waals surface area contributed by atoms with Gasteiger partial charge in [-0.05, 0) is 60.3 Å². The number of nitrogens with zero attached hydrogens (tertiary/aromatic N) is 2. The first-order valence-electron chi connectivity index (χ1n) is 11.9. The summed E-state index contributed by atoms with van der Waals surface area (Å²) < 4.78 is 16.9. The van der Waals surface area contributed by atoms with Crippen molar-refractivity contribution in [3.8, 4) is 23.5 Å². The molecule has 3 atom stereocenters. The number of fused-ring (bicyclic) bond motifs is 3. The molecule has 6 nitrogen and oxygen atoms in total. The van der Waals surface area contributed by atoms with Gasteiger partial charge in [-0.1, -0.05) is 19.8 Å². The van der Waals surface area contributed by atoms with Gasteiger partial charge in [0.2, 0.25) is 0 Å². The summed E-state index contributed by atoms with van der Waals surface area (Å²) >= 11 is 0. The van der Waals surface area contributed by atoms with Crippen molar-refractivity contribution in [3.05, 3.63) is 23.3 Å². The quantitative estimate of drug-likeness (QED) is 0.456. The van der Waals surface area contributed by atoms with Gasteiger partial charge in [-0.25, -0.2) is 0 Å². The zero-order valence-corrected chi connectivity index (χ0v) is 19.9. The maximum Gasteiger partial charge on any atom is 0.326 e. The molecule has 0 aromatic heterocycles. The molecule has 0 bridgehead atoms. The SMILES string of the molecule is COc1cc2c(cc1OC)[C@H]1C[C@@H](COC(=O)CN3C#CCC3)[C@H](CC(C)C)CN1CC2. The van der Waals surface area contributed by atoms with E-state index in [2.05, 4.69) is 42.8 Å². The number of carbonyl (C=O) groups excluding carboxylic acids is 1. The minimum atomic E-state index is -0.164. The van der Waals surface area contributed by atoms with Crippen LogP contribution in [0.25, 0.3) is 0 Å². The van der Waals surface area contributed by atoms with Crippen LogP contribution in [0.2, 0.25) is 0 Å². The van der Waals surface area contributed by atoms with Crippen molar-refractivity contribution in [2.45, 2.75) is 45.6 Å². The fourth-order valence-corrected chi connectivity index (χ4v) is 5.52. The van der Waals surface area contributed by atoms with Crippen LogP contribution in [0, 0.1) is 29.7 Å². The van der Waals surface area contributed by atoms with E-state index in [-0.39, 0.29) is 12.5 Å². The van der Waals surface area contributed by atoms with E-state index in [0.717, 1.165) is 56.8 Å². The van der Waals surface area contributed by atoms with Gasteiger partial charge in [0, 0.05) is 38.1 Å². The van der Waals surface area contributed by atoms with E-state index < -0.39 is 0 Å². The molecule has 1 aromatic rings. The molecule has 0 amide bonds. The van der Waals surface area contributed by atoms with E-state index in [0.29, 0.717) is 30.4 Å². The summed E-state index contributed by atoms with van der Waals surface area (Å²) in [5, 5.41) is 0. The first kappa shape index (κ1) is 22.8. The van der Waals surface area contributed by atoms with Gasteiger partial charge in [-0.2, -0.15) is 0 Å². The third-order valence-electron chi connectivity index (χ3n) is 7.07. The second-order valence-corrected chi connectivity index (χ2v) is 9.70. The molecule has 3 aliphatic heterocycles. The minimum absolute atomic E-state index is 0.164. The standard InChI is InChI=1S/C26H36N2O4/c1-18(2)11-20-15-28-10-7-19-13-24(30-3)25(31-4)14-22(19)23(28)12-21(20)17-32-26(29)16-27-8-5-6-9-27/h13-14,18,20-21,23H,5,7-8,10-12,15-17H2,1-4H3/t20-,21+,23-/m1/s1. The summed E-state index contributed by atoms with van der Waals surface area (Å²) in [7, 11) is 3.38. The summed E-state index contributed by atoms with van der Waals surface area (Å²) in [5.74, 6) is 5.94. The number of methoxy groups -OCH3 is 2. The van der Waals surface area contributed by atoms with E-state index in [1.165, 1.54) is 11.1 Å². The van der Waals surface area contributed by atoms with Crippen molar-refractivity contribution in [3.63, 3.8) is 0 Å². The van der Waals surface area contributed by atoms with E-state index in [4.69, 9.17) is 14.2 Å². The molecular formula is C26H36N2O4. The molecule has 0 spiro atoms. The fraction of sp³-hybridized carbons (Fsp3) is 0.654. The van der Waals surface area contributed by atoms with E-state index in [1.54, 1.807) is 14.2 Å². The van der Waals surface area contributed by atoms with Gasteiger partial charge >= 0.3 is 5.97 Å². The summed E-state index contributed by atoms with van der Waals surface area (Å²) in [4.78, 5) is 16.9. The number of hydrogen-bond donors (Lipinski definition) is 0. The number of rotatable bonds is 8. The van der Waals surface area contributed by atoms with Crippen molar-refractivity contribution < 1.29 is 19.0 Å². The molecule has 32 heavy (non-hydrogen) atoms. The van der Waals surface area contributed by atoms with Gasteiger partial charge in [-0.3, -0.25) is 9.69 Å². The summed E-state index contributed by atoms with van der Waals surface area (Å²) in [6, 6.07) is 7.60. The molecule has 0 unspecified atom stereocenters. The number of piperidine rings is 1. The number of esters is 1. The minimum Gasteiger partial charge on any atom is -0.493 e. The van der Waals surface area contributed by atoms with Crippen LogP contribution in [-0.4, -0.2) is 62.8 Å². The largest absolute Gasteiger partial charge is 0.493 e. The Labute approximate surface area is 192 Å². The van der Waals surface area contributed by atoms with Crippen molar-refractivity contribution in [1.82, 2.24) is 9.80 Å². The Morgan fingerprint density at radius 2 is 1.94 bits per heavy atom. The highest BCUT2D eigenvalue weighted by Gasteiger charge is 2.40. The molecule has 4 rings (SSSR count). The van der Waals surface area contributed by atoms with Crippen molar-refractivity contribution in [1.29, 1.82) is 0 Å². The van der Waals surface area contributed by atoms with Gasteiger partial charge < -0.3 is 19.1 Å². The Hall–Kier alpha value is -2.39. The average Bonchev–Trinajstić information content (AvgIpc) is 3.29. The maximum absolute atomic E-state index is 12.4. The fourth-order valence-electron chi connectivity index (χ4n) is 5.52. The van der Waals surface area contributed by atoms with E-state index >= 15 is 0 Å². The van der Waals surface area contributed by atoms with Crippen LogP contribution in [0.1, 0.15) is 50.3 Å². The summed E-state index contributed by atoms with van der Waals surface area (Å²) in [6.45, 7) is 8.23. The van der Waals surface area contributed by atoms with Crippen LogP contribution in [0.4, 0.5) is 0 Å². The molecule has 1 fully saturated rings. The van der Waals surface area contributed by atoms with E-state index in [1.807, 2.05) is 4.90 Å². The molecule has 3 aliphatic rings. The lowest BCUT2D eigenvalue weighted by Gasteiger charge is -2.47. The normalized spacial score (nSPS) is 24.4. The average molecular weight is 441 g/mol. The lowest BCUT2D eigenvalue weighted by Crippen LogP contribution is -2.47. The summed E-state index contributed by atoms with van der Waals surface area (Å²) in [6.07, 6.45) is 4.01. The van der Waals surface area contributed by atoms with Gasteiger partial charge in [0.1, 0.15) is 6.54 Å². The van der Waals surface area contributed by atoms with Gasteiger partial charge in [0.25, 0.3) is 0 Å². The number of ether oxygens (including phenoxy) is 3. The zero-order valence-electron chi connectivity index (χ0n) is 19.9.